The highest BCUT2D eigenvalue weighted by atomic mass is 16.3. The van der Waals surface area contributed by atoms with Crippen LogP contribution in [-0.2, 0) is 0 Å². The van der Waals surface area contributed by atoms with Crippen LogP contribution in [0.4, 0.5) is 5.82 Å². The lowest BCUT2D eigenvalue weighted by Gasteiger charge is -2.18. The number of anilines is 1. The highest BCUT2D eigenvalue weighted by molar-refractivity contribution is 5.82. The average molecular weight is 314 g/mol. The predicted molar refractivity (Wildman–Crippen MR) is 89.0 cm³/mol. The molecule has 0 aliphatic heterocycles. The number of H-pyrrole nitrogens is 1. The number of rotatable bonds is 3. The van der Waals surface area contributed by atoms with E-state index in [-0.39, 0.29) is 18.1 Å². The summed E-state index contributed by atoms with van der Waals surface area (Å²) in [7, 11) is 0. The zero-order valence-corrected chi connectivity index (χ0v) is 13.3. The fraction of sp³-hybridized carbons (Fsp3) is 0.647. The number of nitrogens with one attached hydrogen (secondary N) is 2. The van der Waals surface area contributed by atoms with E-state index in [0.717, 1.165) is 29.2 Å². The second-order valence-electron chi connectivity index (χ2n) is 7.02. The van der Waals surface area contributed by atoms with Crippen LogP contribution in [0.5, 0.6) is 0 Å². The predicted octanol–water partition coefficient (Wildman–Crippen LogP) is 2.79. The monoisotopic (exact) mass is 314 g/mol. The zero-order chi connectivity index (χ0) is 15.8. The van der Waals surface area contributed by atoms with Crippen molar-refractivity contribution in [2.45, 2.75) is 63.0 Å². The Morgan fingerprint density at radius 3 is 2.74 bits per heavy atom. The number of hydrogen-bond acceptors (Lipinski definition) is 5. The molecular formula is C17H24N5O. The number of aromatic nitrogens is 4. The molecule has 0 unspecified atom stereocenters. The van der Waals surface area contributed by atoms with Gasteiger partial charge in [0.05, 0.1) is 6.10 Å². The molecule has 0 amide bonds. The Morgan fingerprint density at radius 2 is 2.00 bits per heavy atom. The van der Waals surface area contributed by atoms with E-state index in [9.17, 15) is 5.11 Å². The van der Waals surface area contributed by atoms with E-state index < -0.39 is 0 Å². The molecule has 3 atom stereocenters. The van der Waals surface area contributed by atoms with Crippen molar-refractivity contribution in [3.05, 3.63) is 19.1 Å². The Kier molecular flexibility index (Phi) is 3.93. The summed E-state index contributed by atoms with van der Waals surface area (Å²) in [6.45, 7) is 3.99. The minimum absolute atomic E-state index is 0.0850. The maximum atomic E-state index is 9.88. The van der Waals surface area contributed by atoms with Crippen molar-refractivity contribution in [2.24, 2.45) is 5.92 Å². The summed E-state index contributed by atoms with van der Waals surface area (Å²) in [6.07, 6.45) is 9.10. The van der Waals surface area contributed by atoms with E-state index in [1.807, 2.05) is 0 Å². The van der Waals surface area contributed by atoms with Gasteiger partial charge in [0.1, 0.15) is 12.2 Å². The number of aliphatic hydroxyl groups is 1. The molecule has 6 nitrogen and oxygen atoms in total. The molecule has 2 aromatic heterocycles. The van der Waals surface area contributed by atoms with E-state index in [1.54, 1.807) is 6.33 Å². The van der Waals surface area contributed by atoms with Crippen molar-refractivity contribution < 1.29 is 5.11 Å². The highest BCUT2D eigenvalue weighted by Crippen LogP contribution is 2.33. The topological polar surface area (TPSA) is 86.7 Å². The van der Waals surface area contributed by atoms with Crippen molar-refractivity contribution in [1.82, 2.24) is 19.9 Å². The fourth-order valence-corrected chi connectivity index (χ4v) is 3.93. The Hall–Kier alpha value is -1.69. The third kappa shape index (κ3) is 2.92. The zero-order valence-electron chi connectivity index (χ0n) is 13.3. The van der Waals surface area contributed by atoms with E-state index in [2.05, 4.69) is 27.2 Å². The van der Waals surface area contributed by atoms with Crippen LogP contribution in [0, 0.1) is 12.8 Å². The molecule has 0 aromatic carbocycles. The molecule has 123 valence electrons. The lowest BCUT2D eigenvalue weighted by atomic mass is 9.89. The minimum Gasteiger partial charge on any atom is -0.393 e. The first-order chi connectivity index (χ1) is 11.2. The SMILES string of the molecule is [CH2][C@H]1C[C@@H](Nc2ncnc3[nH]c(C4CCCCC4)nc23)C[C@@H]1O. The lowest BCUT2D eigenvalue weighted by Crippen LogP contribution is -2.17. The maximum Gasteiger partial charge on any atom is 0.163 e. The summed E-state index contributed by atoms with van der Waals surface area (Å²) in [5, 5.41) is 13.3. The van der Waals surface area contributed by atoms with Crippen molar-refractivity contribution in [3.8, 4) is 0 Å². The van der Waals surface area contributed by atoms with Crippen LogP contribution in [0.2, 0.25) is 0 Å². The molecule has 2 aliphatic carbocycles. The third-order valence-corrected chi connectivity index (χ3v) is 5.29. The van der Waals surface area contributed by atoms with Gasteiger partial charge in [-0.05, 0) is 38.5 Å². The number of imidazole rings is 1. The molecule has 2 aromatic rings. The van der Waals surface area contributed by atoms with Crippen LogP contribution in [-0.4, -0.2) is 37.2 Å². The fourth-order valence-electron chi connectivity index (χ4n) is 3.93. The highest BCUT2D eigenvalue weighted by Gasteiger charge is 2.30. The number of nitrogens with zero attached hydrogens (tertiary/aromatic N) is 3. The first-order valence-corrected chi connectivity index (χ1v) is 8.69. The van der Waals surface area contributed by atoms with Gasteiger partial charge in [-0.1, -0.05) is 19.3 Å². The molecule has 23 heavy (non-hydrogen) atoms. The van der Waals surface area contributed by atoms with E-state index >= 15 is 0 Å². The van der Waals surface area contributed by atoms with Crippen molar-refractivity contribution in [1.29, 1.82) is 0 Å². The molecule has 6 heteroatoms. The van der Waals surface area contributed by atoms with Crippen molar-refractivity contribution in [2.75, 3.05) is 5.32 Å². The van der Waals surface area contributed by atoms with Crippen LogP contribution >= 0.6 is 0 Å². The first kappa shape index (κ1) is 14.9. The summed E-state index contributed by atoms with van der Waals surface area (Å²) in [5.74, 6) is 2.41. The second kappa shape index (κ2) is 6.07. The normalized spacial score (nSPS) is 29.2. The van der Waals surface area contributed by atoms with Gasteiger partial charge in [-0.15, -0.1) is 0 Å². The van der Waals surface area contributed by atoms with Gasteiger partial charge in [0.15, 0.2) is 17.0 Å². The minimum atomic E-state index is -0.332. The Morgan fingerprint density at radius 1 is 1.17 bits per heavy atom. The summed E-state index contributed by atoms with van der Waals surface area (Å²) in [4.78, 5) is 16.9. The Labute approximate surface area is 136 Å². The molecule has 2 aliphatic rings. The van der Waals surface area contributed by atoms with Crippen LogP contribution in [0.25, 0.3) is 11.2 Å². The average Bonchev–Trinajstić information content (AvgIpc) is 3.13. The van der Waals surface area contributed by atoms with Gasteiger partial charge in [0, 0.05) is 12.0 Å². The van der Waals surface area contributed by atoms with Gasteiger partial charge in [0.25, 0.3) is 0 Å². The number of aliphatic hydroxyl groups excluding tert-OH is 1. The molecule has 2 fully saturated rings. The van der Waals surface area contributed by atoms with Crippen molar-refractivity contribution >= 4 is 17.0 Å². The molecule has 0 saturated heterocycles. The number of fused-ring (bicyclic) bond motifs is 1. The molecule has 2 saturated carbocycles. The van der Waals surface area contributed by atoms with Gasteiger partial charge < -0.3 is 15.4 Å². The standard InChI is InChI=1S/C17H24N5O/c1-10-7-12(8-13(10)23)20-16-14-17(19-9-18-16)22-15(21-14)11-5-3-2-4-6-11/h9-13,23H,1-8H2,(H2,18,19,20,21,22)/t10-,12+,13-/m0/s1. The molecule has 0 spiro atoms. The smallest absolute Gasteiger partial charge is 0.163 e. The van der Waals surface area contributed by atoms with Crippen LogP contribution in [0.15, 0.2) is 6.33 Å². The molecule has 3 N–H and O–H groups in total. The van der Waals surface area contributed by atoms with Crippen molar-refractivity contribution in [3.63, 3.8) is 0 Å². The van der Waals surface area contributed by atoms with Gasteiger partial charge in [-0.25, -0.2) is 15.0 Å². The van der Waals surface area contributed by atoms with Crippen LogP contribution < -0.4 is 5.32 Å². The maximum absolute atomic E-state index is 9.88. The summed E-state index contributed by atoms with van der Waals surface area (Å²) in [6, 6.07) is 0.195. The van der Waals surface area contributed by atoms with Gasteiger partial charge >= 0.3 is 0 Å². The molecule has 0 bridgehead atoms. The summed E-state index contributed by atoms with van der Waals surface area (Å²) in [5.41, 5.74) is 1.61. The largest absolute Gasteiger partial charge is 0.393 e. The van der Waals surface area contributed by atoms with Crippen LogP contribution in [0.1, 0.15) is 56.7 Å². The quantitative estimate of drug-likeness (QED) is 0.811. The van der Waals surface area contributed by atoms with Gasteiger partial charge in [0.2, 0.25) is 0 Å². The number of aromatic amines is 1. The third-order valence-electron chi connectivity index (χ3n) is 5.29. The Balaban J connectivity index is 1.58. The summed E-state index contributed by atoms with van der Waals surface area (Å²) >= 11 is 0. The van der Waals surface area contributed by atoms with Crippen LogP contribution in [0.3, 0.4) is 0 Å². The Bertz CT molecular complexity index is 669. The second-order valence-corrected chi connectivity index (χ2v) is 7.02. The van der Waals surface area contributed by atoms with E-state index in [1.165, 1.54) is 32.1 Å². The first-order valence-electron chi connectivity index (χ1n) is 8.69. The summed E-state index contributed by atoms with van der Waals surface area (Å²) < 4.78 is 0. The van der Waals surface area contributed by atoms with Gasteiger partial charge in [-0.2, -0.15) is 0 Å². The lowest BCUT2D eigenvalue weighted by molar-refractivity contribution is 0.151. The van der Waals surface area contributed by atoms with E-state index in [0.29, 0.717) is 12.3 Å². The molecule has 4 rings (SSSR count). The number of hydrogen-bond donors (Lipinski definition) is 3. The van der Waals surface area contributed by atoms with Gasteiger partial charge in [-0.3, -0.25) is 0 Å². The molecule has 2 heterocycles. The van der Waals surface area contributed by atoms with E-state index in [4.69, 9.17) is 4.98 Å². The molecular weight excluding hydrogens is 290 g/mol. The molecule has 1 radical (unpaired) electrons.